The van der Waals surface area contributed by atoms with Crippen LogP contribution in [0.3, 0.4) is 0 Å². The number of aryl methyl sites for hydroxylation is 5. The van der Waals surface area contributed by atoms with Crippen LogP contribution in [0.1, 0.15) is 64.8 Å². The molecule has 1 unspecified atom stereocenters. The van der Waals surface area contributed by atoms with Crippen molar-refractivity contribution < 1.29 is 0 Å². The van der Waals surface area contributed by atoms with Gasteiger partial charge in [0.2, 0.25) is 0 Å². The molecule has 5 rings (SSSR count). The molecule has 0 fully saturated rings. The summed E-state index contributed by atoms with van der Waals surface area (Å²) in [7, 11) is 0. The van der Waals surface area contributed by atoms with Gasteiger partial charge in [-0.25, -0.2) is 9.97 Å². The predicted octanol–water partition coefficient (Wildman–Crippen LogP) is 6.27. The van der Waals surface area contributed by atoms with E-state index in [9.17, 15) is 5.26 Å². The summed E-state index contributed by atoms with van der Waals surface area (Å²) in [6, 6.07) is 19.7. The zero-order valence-electron chi connectivity index (χ0n) is 19.7. The Morgan fingerprint density at radius 3 is 2.58 bits per heavy atom. The SMILES string of the molecule is CCc1nc2c(C)cc(C)nc2n1C(C)c1ccc2c(c1)CCc1ccccc1C2=CC#N. The first-order valence-electron chi connectivity index (χ1n) is 11.7. The molecule has 164 valence electrons. The second-order valence-corrected chi connectivity index (χ2v) is 8.94. The van der Waals surface area contributed by atoms with Crippen molar-refractivity contribution in [3.05, 3.63) is 99.5 Å². The number of aromatic nitrogens is 3. The van der Waals surface area contributed by atoms with E-state index in [-0.39, 0.29) is 6.04 Å². The van der Waals surface area contributed by atoms with Crippen molar-refractivity contribution in [2.75, 3.05) is 0 Å². The molecule has 33 heavy (non-hydrogen) atoms. The molecule has 0 bridgehead atoms. The van der Waals surface area contributed by atoms with E-state index in [1.807, 2.05) is 6.92 Å². The molecule has 0 N–H and O–H groups in total. The van der Waals surface area contributed by atoms with Crippen LogP contribution >= 0.6 is 0 Å². The highest BCUT2D eigenvalue weighted by molar-refractivity contribution is 5.85. The van der Waals surface area contributed by atoms with E-state index in [1.54, 1.807) is 6.08 Å². The highest BCUT2D eigenvalue weighted by Crippen LogP contribution is 2.36. The summed E-state index contributed by atoms with van der Waals surface area (Å²) in [6.45, 7) is 8.55. The topological polar surface area (TPSA) is 54.5 Å². The summed E-state index contributed by atoms with van der Waals surface area (Å²) in [5, 5.41) is 9.49. The quantitative estimate of drug-likeness (QED) is 0.358. The zero-order chi connectivity index (χ0) is 23.1. The number of nitriles is 1. The van der Waals surface area contributed by atoms with E-state index in [2.05, 4.69) is 79.9 Å². The first-order chi connectivity index (χ1) is 16.0. The van der Waals surface area contributed by atoms with Gasteiger partial charge in [0.05, 0.1) is 12.1 Å². The zero-order valence-corrected chi connectivity index (χ0v) is 19.7. The summed E-state index contributed by atoms with van der Waals surface area (Å²) < 4.78 is 2.30. The second kappa shape index (κ2) is 8.33. The van der Waals surface area contributed by atoms with Gasteiger partial charge in [-0.1, -0.05) is 49.4 Å². The van der Waals surface area contributed by atoms with Gasteiger partial charge in [-0.2, -0.15) is 5.26 Å². The van der Waals surface area contributed by atoms with Crippen LogP contribution in [0.4, 0.5) is 0 Å². The van der Waals surface area contributed by atoms with Crippen LogP contribution < -0.4 is 0 Å². The minimum absolute atomic E-state index is 0.109. The first kappa shape index (κ1) is 21.2. The number of imidazole rings is 1. The number of rotatable bonds is 3. The van der Waals surface area contributed by atoms with E-state index >= 15 is 0 Å². The smallest absolute Gasteiger partial charge is 0.161 e. The minimum atomic E-state index is 0.109. The van der Waals surface area contributed by atoms with Crippen molar-refractivity contribution in [2.24, 2.45) is 0 Å². The van der Waals surface area contributed by atoms with Crippen molar-refractivity contribution in [2.45, 2.75) is 53.0 Å². The average molecular weight is 433 g/mol. The number of allylic oxidation sites excluding steroid dienone is 1. The molecule has 4 heteroatoms. The fraction of sp³-hybridized carbons (Fsp3) is 0.276. The lowest BCUT2D eigenvalue weighted by atomic mass is 9.92. The van der Waals surface area contributed by atoms with Gasteiger partial charge in [-0.15, -0.1) is 0 Å². The number of fused-ring (bicyclic) bond motifs is 3. The second-order valence-electron chi connectivity index (χ2n) is 8.94. The number of nitrogens with zero attached hydrogens (tertiary/aromatic N) is 4. The van der Waals surface area contributed by atoms with Crippen molar-refractivity contribution in [3.63, 3.8) is 0 Å². The molecular weight excluding hydrogens is 404 g/mol. The lowest BCUT2D eigenvalue weighted by Crippen LogP contribution is -2.12. The summed E-state index contributed by atoms with van der Waals surface area (Å²) in [5.41, 5.74) is 11.3. The van der Waals surface area contributed by atoms with Crippen LogP contribution in [0.2, 0.25) is 0 Å². The molecular formula is C29H28N4. The van der Waals surface area contributed by atoms with Crippen molar-refractivity contribution in [1.82, 2.24) is 14.5 Å². The molecule has 2 heterocycles. The Balaban J connectivity index is 1.64. The van der Waals surface area contributed by atoms with E-state index in [0.29, 0.717) is 0 Å². The van der Waals surface area contributed by atoms with Gasteiger partial charge in [0, 0.05) is 18.2 Å². The number of benzene rings is 2. The molecule has 0 aliphatic heterocycles. The summed E-state index contributed by atoms with van der Waals surface area (Å²) >= 11 is 0. The largest absolute Gasteiger partial charge is 0.305 e. The van der Waals surface area contributed by atoms with Crippen molar-refractivity contribution >= 4 is 16.7 Å². The fourth-order valence-corrected chi connectivity index (χ4v) is 5.21. The lowest BCUT2D eigenvalue weighted by molar-refractivity contribution is 0.617. The van der Waals surface area contributed by atoms with Crippen LogP contribution in [0.15, 0.2) is 54.6 Å². The maximum atomic E-state index is 9.49. The predicted molar refractivity (Wildman–Crippen MR) is 133 cm³/mol. The molecule has 0 saturated carbocycles. The maximum absolute atomic E-state index is 9.49. The Morgan fingerprint density at radius 2 is 1.79 bits per heavy atom. The Hall–Kier alpha value is -3.71. The van der Waals surface area contributed by atoms with Crippen molar-refractivity contribution in [1.29, 1.82) is 5.26 Å². The minimum Gasteiger partial charge on any atom is -0.305 e. The molecule has 1 aliphatic rings. The molecule has 4 aromatic rings. The summed E-state index contributed by atoms with van der Waals surface area (Å²) in [5.74, 6) is 1.06. The highest BCUT2D eigenvalue weighted by atomic mass is 15.1. The number of hydrogen-bond donors (Lipinski definition) is 0. The molecule has 1 atom stereocenters. The van der Waals surface area contributed by atoms with Crippen LogP contribution in [0.5, 0.6) is 0 Å². The maximum Gasteiger partial charge on any atom is 0.161 e. The van der Waals surface area contributed by atoms with Gasteiger partial charge >= 0.3 is 0 Å². The third kappa shape index (κ3) is 3.54. The Morgan fingerprint density at radius 1 is 1.03 bits per heavy atom. The van der Waals surface area contributed by atoms with Gasteiger partial charge in [0.25, 0.3) is 0 Å². The van der Waals surface area contributed by atoms with Gasteiger partial charge in [-0.3, -0.25) is 0 Å². The van der Waals surface area contributed by atoms with E-state index in [0.717, 1.165) is 53.1 Å². The molecule has 0 radical (unpaired) electrons. The normalized spacial score (nSPS) is 15.1. The van der Waals surface area contributed by atoms with Crippen LogP contribution in [-0.2, 0) is 19.3 Å². The van der Waals surface area contributed by atoms with Gasteiger partial charge in [0.15, 0.2) is 5.65 Å². The van der Waals surface area contributed by atoms with Gasteiger partial charge in [-0.05, 0) is 78.6 Å². The van der Waals surface area contributed by atoms with E-state index in [4.69, 9.17) is 9.97 Å². The first-order valence-corrected chi connectivity index (χ1v) is 11.7. The lowest BCUT2D eigenvalue weighted by Gasteiger charge is -2.20. The molecule has 2 aromatic carbocycles. The molecule has 4 nitrogen and oxygen atoms in total. The Kier molecular flexibility index (Phi) is 5.34. The van der Waals surface area contributed by atoms with Crippen molar-refractivity contribution in [3.8, 4) is 6.07 Å². The average Bonchev–Trinajstić information content (AvgIpc) is 3.12. The number of hydrogen-bond acceptors (Lipinski definition) is 3. The van der Waals surface area contributed by atoms with E-state index in [1.165, 1.54) is 27.8 Å². The third-order valence-corrected chi connectivity index (χ3v) is 6.83. The van der Waals surface area contributed by atoms with Gasteiger partial charge in [0.1, 0.15) is 11.3 Å². The fourth-order valence-electron chi connectivity index (χ4n) is 5.21. The standard InChI is InChI=1S/C29H28N4/c1-5-27-32-28-18(2)16-19(3)31-29(28)33(27)20(4)22-12-13-25-23(17-22)11-10-21-8-6-7-9-24(21)26(25)14-15-30/h6-9,12-14,16-17,20H,5,10-11H2,1-4H3. The summed E-state index contributed by atoms with van der Waals surface area (Å²) in [4.78, 5) is 9.81. The van der Waals surface area contributed by atoms with Crippen LogP contribution in [-0.4, -0.2) is 14.5 Å². The molecule has 0 spiro atoms. The monoisotopic (exact) mass is 432 g/mol. The van der Waals surface area contributed by atoms with Crippen LogP contribution in [0, 0.1) is 25.2 Å². The third-order valence-electron chi connectivity index (χ3n) is 6.83. The Bertz CT molecular complexity index is 1450. The Labute approximate surface area is 195 Å². The van der Waals surface area contributed by atoms with Crippen LogP contribution in [0.25, 0.3) is 16.7 Å². The summed E-state index contributed by atoms with van der Waals surface area (Å²) in [6.07, 6.45) is 4.48. The molecule has 0 saturated heterocycles. The molecule has 1 aliphatic carbocycles. The molecule has 2 aromatic heterocycles. The molecule has 0 amide bonds. The van der Waals surface area contributed by atoms with Gasteiger partial charge < -0.3 is 4.57 Å². The van der Waals surface area contributed by atoms with E-state index < -0.39 is 0 Å². The number of pyridine rings is 1. The highest BCUT2D eigenvalue weighted by Gasteiger charge is 2.22.